The van der Waals surface area contributed by atoms with Gasteiger partial charge in [0.05, 0.1) is 0 Å². The van der Waals surface area contributed by atoms with Crippen LogP contribution in [0.1, 0.15) is 42.9 Å². The van der Waals surface area contributed by atoms with E-state index in [4.69, 9.17) is 0 Å². The second kappa shape index (κ2) is 3.91. The fraction of sp³-hybridized carbons (Fsp3) is 0.500. The molecule has 2 rings (SSSR count). The zero-order chi connectivity index (χ0) is 9.97. The highest BCUT2D eigenvalue weighted by molar-refractivity contribution is 5.80. The Hall–Kier alpha value is -1.18. The zero-order valence-corrected chi connectivity index (χ0v) is 8.49. The summed E-state index contributed by atoms with van der Waals surface area (Å²) in [6, 6.07) is 4.02. The maximum atomic E-state index is 11.3. The number of rotatable bonds is 1. The van der Waals surface area contributed by atoms with Crippen molar-refractivity contribution in [3.05, 3.63) is 29.6 Å². The fourth-order valence-corrected chi connectivity index (χ4v) is 2.18. The van der Waals surface area contributed by atoms with Crippen LogP contribution in [0, 0.1) is 6.92 Å². The quantitative estimate of drug-likeness (QED) is 0.679. The molecule has 1 aromatic rings. The topological polar surface area (TPSA) is 30.0 Å². The molecule has 0 aromatic carbocycles. The van der Waals surface area contributed by atoms with Crippen molar-refractivity contribution < 1.29 is 4.79 Å². The van der Waals surface area contributed by atoms with Gasteiger partial charge < -0.3 is 0 Å². The SMILES string of the molecule is Cc1cccnc1[C@H]1CCCC(=O)C1. The Morgan fingerprint density at radius 1 is 1.50 bits per heavy atom. The van der Waals surface area contributed by atoms with Crippen LogP contribution in [-0.2, 0) is 4.79 Å². The number of nitrogens with zero attached hydrogens (tertiary/aromatic N) is 1. The van der Waals surface area contributed by atoms with E-state index in [1.165, 1.54) is 5.56 Å². The maximum absolute atomic E-state index is 11.3. The standard InChI is InChI=1S/C12H15NO/c1-9-4-3-7-13-12(9)10-5-2-6-11(14)8-10/h3-4,7,10H,2,5-6,8H2,1H3/t10-/m0/s1. The number of aromatic nitrogens is 1. The average molecular weight is 189 g/mol. The number of hydrogen-bond acceptors (Lipinski definition) is 2. The third-order valence-corrected chi connectivity index (χ3v) is 2.92. The zero-order valence-electron chi connectivity index (χ0n) is 8.49. The number of ketones is 1. The minimum atomic E-state index is 0.373. The molecule has 14 heavy (non-hydrogen) atoms. The highest BCUT2D eigenvalue weighted by atomic mass is 16.1. The van der Waals surface area contributed by atoms with Crippen LogP contribution in [0.25, 0.3) is 0 Å². The summed E-state index contributed by atoms with van der Waals surface area (Å²) in [7, 11) is 0. The lowest BCUT2D eigenvalue weighted by atomic mass is 9.84. The third kappa shape index (κ3) is 1.84. The molecule has 0 spiro atoms. The van der Waals surface area contributed by atoms with Crippen LogP contribution in [0.2, 0.25) is 0 Å². The molecule has 0 unspecified atom stereocenters. The van der Waals surface area contributed by atoms with Gasteiger partial charge in [0.15, 0.2) is 0 Å². The summed E-state index contributed by atoms with van der Waals surface area (Å²) in [5.41, 5.74) is 2.34. The van der Waals surface area contributed by atoms with Crippen molar-refractivity contribution in [1.82, 2.24) is 4.98 Å². The molecule has 1 aliphatic rings. The molecule has 74 valence electrons. The van der Waals surface area contributed by atoms with E-state index >= 15 is 0 Å². The lowest BCUT2D eigenvalue weighted by molar-refractivity contribution is -0.120. The van der Waals surface area contributed by atoms with Crippen molar-refractivity contribution in [3.8, 4) is 0 Å². The van der Waals surface area contributed by atoms with Gasteiger partial charge >= 0.3 is 0 Å². The molecule has 0 N–H and O–H groups in total. The van der Waals surface area contributed by atoms with Crippen LogP contribution >= 0.6 is 0 Å². The van der Waals surface area contributed by atoms with Gasteiger partial charge in [-0.2, -0.15) is 0 Å². The molecule has 1 fully saturated rings. The van der Waals surface area contributed by atoms with Crippen LogP contribution in [0.5, 0.6) is 0 Å². The second-order valence-electron chi connectivity index (χ2n) is 4.04. The molecule has 1 aliphatic carbocycles. The first kappa shape index (κ1) is 9.38. The molecule has 2 nitrogen and oxygen atoms in total. The van der Waals surface area contributed by atoms with E-state index in [-0.39, 0.29) is 0 Å². The summed E-state index contributed by atoms with van der Waals surface area (Å²) in [6.45, 7) is 2.07. The molecule has 0 radical (unpaired) electrons. The number of carbonyl (C=O) groups excluding carboxylic acids is 1. The van der Waals surface area contributed by atoms with E-state index in [1.807, 2.05) is 12.3 Å². The second-order valence-corrected chi connectivity index (χ2v) is 4.04. The lowest BCUT2D eigenvalue weighted by Crippen LogP contribution is -2.15. The van der Waals surface area contributed by atoms with Crippen molar-refractivity contribution in [2.24, 2.45) is 0 Å². The Labute approximate surface area is 84.4 Å². The van der Waals surface area contributed by atoms with E-state index in [1.54, 1.807) is 0 Å². The van der Waals surface area contributed by atoms with E-state index in [2.05, 4.69) is 18.0 Å². The molecule has 1 aromatic heterocycles. The lowest BCUT2D eigenvalue weighted by Gasteiger charge is -2.21. The third-order valence-electron chi connectivity index (χ3n) is 2.92. The normalized spacial score (nSPS) is 22.4. The van der Waals surface area contributed by atoms with Crippen molar-refractivity contribution in [3.63, 3.8) is 0 Å². The summed E-state index contributed by atoms with van der Waals surface area (Å²) >= 11 is 0. The predicted octanol–water partition coefficient (Wildman–Crippen LogP) is 2.62. The van der Waals surface area contributed by atoms with E-state index in [0.29, 0.717) is 18.1 Å². The Morgan fingerprint density at radius 2 is 2.36 bits per heavy atom. The number of pyridine rings is 1. The van der Waals surface area contributed by atoms with Gasteiger partial charge in [0.25, 0.3) is 0 Å². The van der Waals surface area contributed by atoms with Gasteiger partial charge in [0.1, 0.15) is 5.78 Å². The summed E-state index contributed by atoms with van der Waals surface area (Å²) in [6.07, 6.45) is 5.42. The van der Waals surface area contributed by atoms with Crippen molar-refractivity contribution in [1.29, 1.82) is 0 Å². The Kier molecular flexibility index (Phi) is 2.62. The molecule has 1 saturated carbocycles. The van der Waals surface area contributed by atoms with Crippen molar-refractivity contribution in [2.75, 3.05) is 0 Å². The molecule has 2 heteroatoms. The van der Waals surface area contributed by atoms with Gasteiger partial charge in [-0.1, -0.05) is 6.07 Å². The minimum absolute atomic E-state index is 0.373. The van der Waals surface area contributed by atoms with Gasteiger partial charge in [0.2, 0.25) is 0 Å². The molecular weight excluding hydrogens is 174 g/mol. The average Bonchev–Trinajstić information content (AvgIpc) is 2.18. The van der Waals surface area contributed by atoms with E-state index in [9.17, 15) is 4.79 Å². The van der Waals surface area contributed by atoms with Crippen LogP contribution in [0.3, 0.4) is 0 Å². The highest BCUT2D eigenvalue weighted by Crippen LogP contribution is 2.30. The maximum Gasteiger partial charge on any atom is 0.133 e. The smallest absolute Gasteiger partial charge is 0.133 e. The molecular formula is C12H15NO. The minimum Gasteiger partial charge on any atom is -0.300 e. The summed E-state index contributed by atoms with van der Waals surface area (Å²) in [4.78, 5) is 15.7. The Morgan fingerprint density at radius 3 is 3.07 bits per heavy atom. The summed E-state index contributed by atoms with van der Waals surface area (Å²) in [5.74, 6) is 0.767. The van der Waals surface area contributed by atoms with E-state index < -0.39 is 0 Å². The molecule has 1 heterocycles. The number of carbonyl (C=O) groups is 1. The first-order valence-corrected chi connectivity index (χ1v) is 5.20. The monoisotopic (exact) mass is 189 g/mol. The van der Waals surface area contributed by atoms with Crippen molar-refractivity contribution >= 4 is 5.78 Å². The van der Waals surface area contributed by atoms with Crippen LogP contribution in [0.15, 0.2) is 18.3 Å². The first-order valence-electron chi connectivity index (χ1n) is 5.20. The predicted molar refractivity (Wildman–Crippen MR) is 55.2 cm³/mol. The fourth-order valence-electron chi connectivity index (χ4n) is 2.18. The summed E-state index contributed by atoms with van der Waals surface area (Å²) < 4.78 is 0. The van der Waals surface area contributed by atoms with Gasteiger partial charge in [-0.25, -0.2) is 0 Å². The Bertz CT molecular complexity index is 346. The van der Waals surface area contributed by atoms with Gasteiger partial charge in [-0.3, -0.25) is 9.78 Å². The molecule has 0 bridgehead atoms. The van der Waals surface area contributed by atoms with Crippen LogP contribution < -0.4 is 0 Å². The number of aryl methyl sites for hydroxylation is 1. The van der Waals surface area contributed by atoms with Crippen LogP contribution in [0.4, 0.5) is 0 Å². The molecule has 0 amide bonds. The summed E-state index contributed by atoms with van der Waals surface area (Å²) in [5, 5.41) is 0. The van der Waals surface area contributed by atoms with Gasteiger partial charge in [-0.15, -0.1) is 0 Å². The molecule has 0 aliphatic heterocycles. The van der Waals surface area contributed by atoms with Crippen molar-refractivity contribution in [2.45, 2.75) is 38.5 Å². The number of hydrogen-bond donors (Lipinski definition) is 0. The first-order chi connectivity index (χ1) is 6.77. The van der Waals surface area contributed by atoms with E-state index in [0.717, 1.165) is 25.0 Å². The largest absolute Gasteiger partial charge is 0.300 e. The highest BCUT2D eigenvalue weighted by Gasteiger charge is 2.22. The Balaban J connectivity index is 2.22. The van der Waals surface area contributed by atoms with Gasteiger partial charge in [0, 0.05) is 30.7 Å². The van der Waals surface area contributed by atoms with Gasteiger partial charge in [-0.05, 0) is 31.4 Å². The molecule has 1 atom stereocenters. The number of Topliss-reactive ketones (excluding diaryl/α,β-unsaturated/α-hetero) is 1. The molecule has 0 saturated heterocycles. The van der Waals surface area contributed by atoms with Crippen LogP contribution in [-0.4, -0.2) is 10.8 Å².